The van der Waals surface area contributed by atoms with Gasteiger partial charge in [-0.05, 0) is 25.1 Å². The number of amidine groups is 1. The molecule has 0 unspecified atom stereocenters. The molecule has 1 heterocycles. The van der Waals surface area contributed by atoms with E-state index in [0.29, 0.717) is 22.9 Å². The van der Waals surface area contributed by atoms with Gasteiger partial charge in [-0.3, -0.25) is 5.41 Å². The molecule has 0 saturated heterocycles. The van der Waals surface area contributed by atoms with E-state index in [2.05, 4.69) is 5.10 Å². The molecule has 0 amide bonds. The molecule has 2 rings (SSSR count). The van der Waals surface area contributed by atoms with Gasteiger partial charge in [0.1, 0.15) is 5.84 Å². The number of halogens is 1. The number of aromatic nitrogens is 2. The zero-order chi connectivity index (χ0) is 13.1. The van der Waals surface area contributed by atoms with Crippen LogP contribution in [0.25, 0.3) is 5.69 Å². The van der Waals surface area contributed by atoms with Crippen LogP contribution in [0.15, 0.2) is 30.6 Å². The van der Waals surface area contributed by atoms with E-state index in [1.165, 1.54) is 0 Å². The lowest BCUT2D eigenvalue weighted by Gasteiger charge is -2.05. The van der Waals surface area contributed by atoms with Gasteiger partial charge in [0, 0.05) is 5.56 Å². The van der Waals surface area contributed by atoms with Crippen LogP contribution in [0.4, 0.5) is 0 Å². The molecule has 0 saturated carbocycles. The zero-order valence-electron chi connectivity index (χ0n) is 9.85. The summed E-state index contributed by atoms with van der Waals surface area (Å²) in [6.07, 6.45) is 3.40. The van der Waals surface area contributed by atoms with Crippen molar-refractivity contribution in [2.45, 2.75) is 6.92 Å². The smallest absolute Gasteiger partial charge is 0.157 e. The topological polar surface area (TPSA) is 76.9 Å². The van der Waals surface area contributed by atoms with Crippen LogP contribution in [0, 0.1) is 5.41 Å². The number of ether oxygens (including phenoxy) is 1. The standard InChI is InChI=1S/C12H13ClN4O/c1-2-18-9-6-16-17(7-9)8-3-4-10(12(14)15)11(13)5-8/h3-7H,2H2,1H3,(H3,14,15). The van der Waals surface area contributed by atoms with Crippen LogP contribution in [0.1, 0.15) is 12.5 Å². The molecular weight excluding hydrogens is 252 g/mol. The third kappa shape index (κ3) is 2.46. The molecule has 0 fully saturated rings. The molecule has 1 aromatic carbocycles. The van der Waals surface area contributed by atoms with Crippen molar-refractivity contribution in [3.63, 3.8) is 0 Å². The van der Waals surface area contributed by atoms with E-state index in [9.17, 15) is 0 Å². The van der Waals surface area contributed by atoms with Crippen molar-refractivity contribution < 1.29 is 4.74 Å². The highest BCUT2D eigenvalue weighted by Crippen LogP contribution is 2.21. The molecule has 18 heavy (non-hydrogen) atoms. The van der Waals surface area contributed by atoms with E-state index in [4.69, 9.17) is 27.5 Å². The second-order valence-electron chi connectivity index (χ2n) is 3.63. The Morgan fingerprint density at radius 3 is 2.94 bits per heavy atom. The molecule has 0 aliphatic rings. The quantitative estimate of drug-likeness (QED) is 0.657. The van der Waals surface area contributed by atoms with Crippen molar-refractivity contribution in [3.8, 4) is 11.4 Å². The van der Waals surface area contributed by atoms with Crippen molar-refractivity contribution in [1.29, 1.82) is 5.41 Å². The summed E-state index contributed by atoms with van der Waals surface area (Å²) in [5, 5.41) is 12.0. The van der Waals surface area contributed by atoms with Crippen LogP contribution < -0.4 is 10.5 Å². The second-order valence-corrected chi connectivity index (χ2v) is 4.04. The molecular formula is C12H13ClN4O. The normalized spacial score (nSPS) is 10.3. The van der Waals surface area contributed by atoms with Gasteiger partial charge in [-0.2, -0.15) is 5.10 Å². The summed E-state index contributed by atoms with van der Waals surface area (Å²) < 4.78 is 6.98. The average Bonchev–Trinajstić information content (AvgIpc) is 2.77. The Kier molecular flexibility index (Phi) is 3.53. The predicted octanol–water partition coefficient (Wildman–Crippen LogP) is 2.21. The fraction of sp³-hybridized carbons (Fsp3) is 0.167. The summed E-state index contributed by atoms with van der Waals surface area (Å²) in [5.74, 6) is 0.645. The predicted molar refractivity (Wildman–Crippen MR) is 70.8 cm³/mol. The zero-order valence-corrected chi connectivity index (χ0v) is 10.6. The minimum absolute atomic E-state index is 0.0537. The number of nitrogens with two attached hydrogens (primary N) is 1. The first-order valence-corrected chi connectivity index (χ1v) is 5.81. The number of nitrogens with zero attached hydrogens (tertiary/aromatic N) is 2. The molecule has 0 aliphatic carbocycles. The highest BCUT2D eigenvalue weighted by molar-refractivity contribution is 6.34. The first-order chi connectivity index (χ1) is 8.61. The Hall–Kier alpha value is -2.01. The maximum absolute atomic E-state index is 7.36. The molecule has 0 spiro atoms. The van der Waals surface area contributed by atoms with Crippen LogP contribution in [-0.2, 0) is 0 Å². The largest absolute Gasteiger partial charge is 0.491 e. The van der Waals surface area contributed by atoms with E-state index in [1.807, 2.05) is 6.92 Å². The highest BCUT2D eigenvalue weighted by atomic mass is 35.5. The van der Waals surface area contributed by atoms with E-state index < -0.39 is 0 Å². The average molecular weight is 265 g/mol. The monoisotopic (exact) mass is 264 g/mol. The molecule has 0 atom stereocenters. The molecule has 3 N–H and O–H groups in total. The SMILES string of the molecule is CCOc1cnn(-c2ccc(C(=N)N)c(Cl)c2)c1. The van der Waals surface area contributed by atoms with Gasteiger partial charge in [-0.25, -0.2) is 4.68 Å². The maximum atomic E-state index is 7.36. The van der Waals surface area contributed by atoms with Gasteiger partial charge >= 0.3 is 0 Å². The summed E-state index contributed by atoms with van der Waals surface area (Å²) in [7, 11) is 0. The first kappa shape index (κ1) is 12.4. The van der Waals surface area contributed by atoms with Crippen molar-refractivity contribution in [2.24, 2.45) is 5.73 Å². The number of nitrogens with one attached hydrogen (secondary N) is 1. The van der Waals surface area contributed by atoms with Crippen molar-refractivity contribution in [3.05, 3.63) is 41.2 Å². The third-order valence-corrected chi connectivity index (χ3v) is 2.69. The summed E-state index contributed by atoms with van der Waals surface area (Å²) in [5.41, 5.74) is 6.70. The Balaban J connectivity index is 2.33. The van der Waals surface area contributed by atoms with Crippen LogP contribution >= 0.6 is 11.6 Å². The Labute approximate surface area is 110 Å². The van der Waals surface area contributed by atoms with Crippen LogP contribution in [0.2, 0.25) is 5.02 Å². The van der Waals surface area contributed by atoms with Crippen LogP contribution in [0.3, 0.4) is 0 Å². The Morgan fingerprint density at radius 2 is 2.33 bits per heavy atom. The van der Waals surface area contributed by atoms with Gasteiger partial charge in [0.15, 0.2) is 5.75 Å². The molecule has 1 aromatic heterocycles. The fourth-order valence-electron chi connectivity index (χ4n) is 1.55. The minimum atomic E-state index is -0.0537. The van der Waals surface area contributed by atoms with Crippen molar-refractivity contribution >= 4 is 17.4 Å². The molecule has 6 heteroatoms. The number of rotatable bonds is 4. The van der Waals surface area contributed by atoms with Gasteiger partial charge < -0.3 is 10.5 Å². The van der Waals surface area contributed by atoms with Gasteiger partial charge in [-0.1, -0.05) is 11.6 Å². The van der Waals surface area contributed by atoms with E-state index in [0.717, 1.165) is 5.69 Å². The lowest BCUT2D eigenvalue weighted by Crippen LogP contribution is -2.11. The summed E-state index contributed by atoms with van der Waals surface area (Å²) in [4.78, 5) is 0. The Morgan fingerprint density at radius 1 is 1.56 bits per heavy atom. The molecule has 0 bridgehead atoms. The third-order valence-electron chi connectivity index (χ3n) is 2.38. The highest BCUT2D eigenvalue weighted by Gasteiger charge is 2.07. The molecule has 0 radical (unpaired) electrons. The summed E-state index contributed by atoms with van der Waals surface area (Å²) >= 11 is 6.05. The van der Waals surface area contributed by atoms with Gasteiger partial charge in [0.05, 0.1) is 29.7 Å². The van der Waals surface area contributed by atoms with Gasteiger partial charge in [0.25, 0.3) is 0 Å². The maximum Gasteiger partial charge on any atom is 0.157 e. The van der Waals surface area contributed by atoms with Crippen molar-refractivity contribution in [2.75, 3.05) is 6.61 Å². The molecule has 5 nitrogen and oxygen atoms in total. The summed E-state index contributed by atoms with van der Waals surface area (Å²) in [6.45, 7) is 2.51. The first-order valence-electron chi connectivity index (χ1n) is 5.43. The number of nitrogen functional groups attached to an aromatic ring is 1. The van der Waals surface area contributed by atoms with Gasteiger partial charge in [0.2, 0.25) is 0 Å². The van der Waals surface area contributed by atoms with E-state index >= 15 is 0 Å². The minimum Gasteiger partial charge on any atom is -0.491 e. The Bertz CT molecular complexity index is 579. The second kappa shape index (κ2) is 5.10. The van der Waals surface area contributed by atoms with E-state index in [1.54, 1.807) is 35.3 Å². The van der Waals surface area contributed by atoms with Crippen LogP contribution in [-0.4, -0.2) is 22.2 Å². The number of hydrogen-bond donors (Lipinski definition) is 2. The number of benzene rings is 1. The lowest BCUT2D eigenvalue weighted by atomic mass is 10.2. The van der Waals surface area contributed by atoms with E-state index in [-0.39, 0.29) is 5.84 Å². The van der Waals surface area contributed by atoms with Crippen LogP contribution in [0.5, 0.6) is 5.75 Å². The fourth-order valence-corrected chi connectivity index (χ4v) is 1.83. The molecule has 94 valence electrons. The number of hydrogen-bond acceptors (Lipinski definition) is 3. The molecule has 0 aliphatic heterocycles. The van der Waals surface area contributed by atoms with Crippen molar-refractivity contribution in [1.82, 2.24) is 9.78 Å². The lowest BCUT2D eigenvalue weighted by molar-refractivity contribution is 0.340. The van der Waals surface area contributed by atoms with Gasteiger partial charge in [-0.15, -0.1) is 0 Å². The summed E-state index contributed by atoms with van der Waals surface area (Å²) in [6, 6.07) is 5.20. The molecule has 2 aromatic rings.